The Morgan fingerprint density at radius 1 is 0.889 bits per heavy atom. The number of pyridine rings is 1. The van der Waals surface area contributed by atoms with Crippen molar-refractivity contribution in [3.05, 3.63) is 82.3 Å². The van der Waals surface area contributed by atoms with Crippen LogP contribution in [0.1, 0.15) is 37.8 Å². The van der Waals surface area contributed by atoms with Crippen molar-refractivity contribution >= 4 is 16.9 Å². The number of hydrogen-bond acceptors (Lipinski definition) is 7. The van der Waals surface area contributed by atoms with Gasteiger partial charge in [-0.05, 0) is 54.8 Å². The minimum Gasteiger partial charge on any atom is -0.497 e. The minimum absolute atomic E-state index is 0.0859. The number of rotatable bonds is 11. The molecule has 2 heterocycles. The molecule has 8 heteroatoms. The highest BCUT2D eigenvalue weighted by atomic mass is 16.5. The first kappa shape index (κ1) is 25.0. The molecule has 0 bridgehead atoms. The molecule has 0 saturated carbocycles. The lowest BCUT2D eigenvalue weighted by Gasteiger charge is -2.24. The van der Waals surface area contributed by atoms with E-state index in [1.807, 2.05) is 55.5 Å². The molecular formula is C28H32N4O4. The number of fused-ring (bicyclic) bond motifs is 1. The Hall–Kier alpha value is -4.07. The molecule has 8 nitrogen and oxygen atoms in total. The Kier molecular flexibility index (Phi) is 8.05. The van der Waals surface area contributed by atoms with Gasteiger partial charge in [-0.3, -0.25) is 4.79 Å². The summed E-state index contributed by atoms with van der Waals surface area (Å²) in [7, 11) is 3.30. The third kappa shape index (κ3) is 5.94. The summed E-state index contributed by atoms with van der Waals surface area (Å²) in [5.74, 6) is 2.37. The molecule has 2 aromatic heterocycles. The van der Waals surface area contributed by atoms with E-state index >= 15 is 0 Å². The Bertz CT molecular complexity index is 1290. The van der Waals surface area contributed by atoms with Crippen LogP contribution in [0.15, 0.2) is 65.6 Å². The molecule has 4 aromatic rings. The van der Waals surface area contributed by atoms with Crippen molar-refractivity contribution < 1.29 is 14.2 Å². The molecule has 0 aliphatic carbocycles. The van der Waals surface area contributed by atoms with Crippen molar-refractivity contribution in [3.8, 4) is 17.4 Å². The fraction of sp³-hybridized carbons (Fsp3) is 0.321. The Labute approximate surface area is 210 Å². The second-order valence-corrected chi connectivity index (χ2v) is 8.67. The zero-order valence-corrected chi connectivity index (χ0v) is 21.2. The molecule has 0 amide bonds. The summed E-state index contributed by atoms with van der Waals surface area (Å²) < 4.78 is 16.8. The largest absolute Gasteiger partial charge is 0.497 e. The van der Waals surface area contributed by atoms with Gasteiger partial charge in [0.05, 0.1) is 25.8 Å². The summed E-state index contributed by atoms with van der Waals surface area (Å²) in [4.78, 5) is 27.0. The number of ether oxygens (including phenoxy) is 3. The maximum Gasteiger partial charge on any atom is 0.262 e. The summed E-state index contributed by atoms with van der Waals surface area (Å²) in [5, 5.41) is 0.359. The summed E-state index contributed by atoms with van der Waals surface area (Å²) in [6, 6.07) is 17.6. The fourth-order valence-corrected chi connectivity index (χ4v) is 4.03. The molecule has 1 unspecified atom stereocenters. The highest BCUT2D eigenvalue weighted by Crippen LogP contribution is 2.27. The van der Waals surface area contributed by atoms with Crippen LogP contribution in [0.5, 0.6) is 17.4 Å². The number of H-pyrrole nitrogens is 1. The van der Waals surface area contributed by atoms with Gasteiger partial charge in [-0.25, -0.2) is 4.98 Å². The molecule has 36 heavy (non-hydrogen) atoms. The van der Waals surface area contributed by atoms with Crippen molar-refractivity contribution in [1.82, 2.24) is 15.0 Å². The van der Waals surface area contributed by atoms with Gasteiger partial charge in [-0.1, -0.05) is 37.6 Å². The number of aromatic amines is 1. The lowest BCUT2D eigenvalue weighted by molar-refractivity contribution is 0.204. The molecule has 0 aliphatic heterocycles. The number of aromatic nitrogens is 3. The van der Waals surface area contributed by atoms with E-state index in [0.717, 1.165) is 35.5 Å². The molecule has 1 N–H and O–H groups in total. The summed E-state index contributed by atoms with van der Waals surface area (Å²) in [6.45, 7) is 5.19. The second kappa shape index (κ2) is 11.6. The van der Waals surface area contributed by atoms with Gasteiger partial charge in [-0.2, -0.15) is 4.98 Å². The first-order valence-corrected chi connectivity index (χ1v) is 12.1. The molecule has 4 rings (SSSR count). The normalized spacial score (nSPS) is 11.8. The molecule has 1 atom stereocenters. The van der Waals surface area contributed by atoms with Crippen molar-refractivity contribution in [2.45, 2.75) is 45.9 Å². The van der Waals surface area contributed by atoms with Crippen molar-refractivity contribution in [2.24, 2.45) is 0 Å². The van der Waals surface area contributed by atoms with E-state index in [1.54, 1.807) is 26.5 Å². The standard InChI is InChI=1S/C28H32N4O4/c1-5-6-19(2)36-27-25-24(15-16-29-26(25)33)30-28(31-27)32(17-20-7-11-22(34-3)12-8-20)18-21-9-13-23(35-4)14-10-21/h7-16,19H,5-6,17-18H2,1-4H3,(H,29,33). The average Bonchev–Trinajstić information content (AvgIpc) is 2.89. The van der Waals surface area contributed by atoms with Crippen LogP contribution in [-0.2, 0) is 13.1 Å². The van der Waals surface area contributed by atoms with Crippen LogP contribution in [0.25, 0.3) is 10.9 Å². The van der Waals surface area contributed by atoms with Crippen molar-refractivity contribution in [3.63, 3.8) is 0 Å². The number of nitrogens with one attached hydrogen (secondary N) is 1. The number of anilines is 1. The lowest BCUT2D eigenvalue weighted by Crippen LogP contribution is -2.25. The molecular weight excluding hydrogens is 456 g/mol. The second-order valence-electron chi connectivity index (χ2n) is 8.67. The Morgan fingerprint density at radius 3 is 2.00 bits per heavy atom. The van der Waals surface area contributed by atoms with Crippen LogP contribution < -0.4 is 24.7 Å². The third-order valence-electron chi connectivity index (χ3n) is 5.93. The molecule has 188 valence electrons. The Morgan fingerprint density at radius 2 is 1.47 bits per heavy atom. The molecule has 0 aliphatic rings. The van der Waals surface area contributed by atoms with E-state index in [9.17, 15) is 4.79 Å². The zero-order chi connectivity index (χ0) is 25.5. The predicted octanol–water partition coefficient (Wildman–Crippen LogP) is 5.11. The highest BCUT2D eigenvalue weighted by molar-refractivity contribution is 5.83. The van der Waals surface area contributed by atoms with Crippen molar-refractivity contribution in [1.29, 1.82) is 0 Å². The minimum atomic E-state index is -0.269. The third-order valence-corrected chi connectivity index (χ3v) is 5.93. The van der Waals surface area contributed by atoms with Crippen LogP contribution in [0.2, 0.25) is 0 Å². The summed E-state index contributed by atoms with van der Waals surface area (Å²) >= 11 is 0. The molecule has 0 fully saturated rings. The van der Waals surface area contributed by atoms with Crippen LogP contribution in [0.4, 0.5) is 5.95 Å². The first-order valence-electron chi connectivity index (χ1n) is 12.1. The average molecular weight is 489 g/mol. The predicted molar refractivity (Wildman–Crippen MR) is 141 cm³/mol. The topological polar surface area (TPSA) is 89.6 Å². The van der Waals surface area contributed by atoms with Gasteiger partial charge >= 0.3 is 0 Å². The summed E-state index contributed by atoms with van der Waals surface area (Å²) in [6.07, 6.45) is 3.33. The van der Waals surface area contributed by atoms with Gasteiger partial charge in [0.2, 0.25) is 11.8 Å². The van der Waals surface area contributed by atoms with E-state index in [0.29, 0.717) is 35.8 Å². The van der Waals surface area contributed by atoms with E-state index in [2.05, 4.69) is 16.8 Å². The smallest absolute Gasteiger partial charge is 0.262 e. The molecule has 2 aromatic carbocycles. The SMILES string of the molecule is CCCC(C)Oc1nc(N(Cc2ccc(OC)cc2)Cc2ccc(OC)cc2)nc2cc[nH]c(=O)c12. The van der Waals surface area contributed by atoms with Gasteiger partial charge in [0, 0.05) is 19.3 Å². The number of hydrogen-bond donors (Lipinski definition) is 1. The molecule has 0 radical (unpaired) electrons. The molecule has 0 saturated heterocycles. The van der Waals surface area contributed by atoms with E-state index < -0.39 is 0 Å². The molecule has 0 spiro atoms. The zero-order valence-electron chi connectivity index (χ0n) is 21.2. The maximum atomic E-state index is 12.7. The number of nitrogens with zero attached hydrogens (tertiary/aromatic N) is 3. The highest BCUT2D eigenvalue weighted by Gasteiger charge is 2.19. The lowest BCUT2D eigenvalue weighted by atomic mass is 10.1. The van der Waals surface area contributed by atoms with Crippen LogP contribution >= 0.6 is 0 Å². The number of benzene rings is 2. The van der Waals surface area contributed by atoms with Crippen LogP contribution in [0, 0.1) is 0 Å². The monoisotopic (exact) mass is 488 g/mol. The van der Waals surface area contributed by atoms with Gasteiger partial charge in [-0.15, -0.1) is 0 Å². The first-order chi connectivity index (χ1) is 17.5. The van der Waals surface area contributed by atoms with Crippen LogP contribution in [0.3, 0.4) is 0 Å². The van der Waals surface area contributed by atoms with Gasteiger partial charge in [0.25, 0.3) is 5.56 Å². The van der Waals surface area contributed by atoms with Gasteiger partial charge in [0.15, 0.2) is 0 Å². The van der Waals surface area contributed by atoms with E-state index in [-0.39, 0.29) is 11.7 Å². The quantitative estimate of drug-likeness (QED) is 0.314. The summed E-state index contributed by atoms with van der Waals surface area (Å²) in [5.41, 5.74) is 2.41. The maximum absolute atomic E-state index is 12.7. The fourth-order valence-electron chi connectivity index (χ4n) is 4.03. The Balaban J connectivity index is 1.77. The van der Waals surface area contributed by atoms with E-state index in [1.165, 1.54) is 0 Å². The van der Waals surface area contributed by atoms with Gasteiger partial charge in [0.1, 0.15) is 16.9 Å². The van der Waals surface area contributed by atoms with Gasteiger partial charge < -0.3 is 24.1 Å². The van der Waals surface area contributed by atoms with Crippen LogP contribution in [-0.4, -0.2) is 35.3 Å². The van der Waals surface area contributed by atoms with Crippen molar-refractivity contribution in [2.75, 3.05) is 19.1 Å². The number of methoxy groups -OCH3 is 2. The van der Waals surface area contributed by atoms with E-state index in [4.69, 9.17) is 24.2 Å².